The molecule has 0 radical (unpaired) electrons. The van der Waals surface area contributed by atoms with Gasteiger partial charge in [-0.1, -0.05) is 6.07 Å². The third kappa shape index (κ3) is 3.13. The molecule has 1 amide bonds. The van der Waals surface area contributed by atoms with Crippen LogP contribution in [0.2, 0.25) is 0 Å². The third-order valence-corrected chi connectivity index (χ3v) is 4.17. The van der Waals surface area contributed by atoms with Gasteiger partial charge in [0.25, 0.3) is 0 Å². The van der Waals surface area contributed by atoms with Gasteiger partial charge in [0.15, 0.2) is 0 Å². The third-order valence-electron chi connectivity index (χ3n) is 4.17. The zero-order chi connectivity index (χ0) is 13.2. The molecule has 0 saturated carbocycles. The summed E-state index contributed by atoms with van der Waals surface area (Å²) in [6.07, 6.45) is 3.51. The molecule has 0 spiro atoms. The molecule has 2 heterocycles. The molecule has 3 rings (SSSR count). The summed E-state index contributed by atoms with van der Waals surface area (Å²) in [5.74, 6) is 0.494. The zero-order valence-corrected chi connectivity index (χ0v) is 12.2. The van der Waals surface area contributed by atoms with Gasteiger partial charge in [0.1, 0.15) is 5.82 Å². The summed E-state index contributed by atoms with van der Waals surface area (Å²) in [5, 5.41) is 3.31. The summed E-state index contributed by atoms with van der Waals surface area (Å²) >= 11 is 0. The van der Waals surface area contributed by atoms with Crippen molar-refractivity contribution in [1.82, 2.24) is 5.32 Å². The largest absolute Gasteiger partial charge is 0.316 e. The normalized spacial score (nSPS) is 20.6. The molecule has 1 fully saturated rings. The Morgan fingerprint density at radius 3 is 3.05 bits per heavy atom. The molecule has 1 aromatic rings. The molecule has 1 atom stereocenters. The fourth-order valence-corrected chi connectivity index (χ4v) is 3.03. The summed E-state index contributed by atoms with van der Waals surface area (Å²) < 4.78 is 13.3. The van der Waals surface area contributed by atoms with E-state index in [9.17, 15) is 9.18 Å². The second-order valence-electron chi connectivity index (χ2n) is 5.47. The number of halogens is 2. The van der Waals surface area contributed by atoms with E-state index in [1.807, 2.05) is 0 Å². The summed E-state index contributed by atoms with van der Waals surface area (Å²) in [6.45, 7) is 2.79. The lowest BCUT2D eigenvalue weighted by molar-refractivity contribution is -0.118. The number of nitrogens with one attached hydrogen (secondary N) is 1. The first kappa shape index (κ1) is 15.3. The summed E-state index contributed by atoms with van der Waals surface area (Å²) in [5.41, 5.74) is 1.85. The van der Waals surface area contributed by atoms with Crippen LogP contribution in [-0.2, 0) is 11.2 Å². The molecule has 0 aromatic heterocycles. The van der Waals surface area contributed by atoms with E-state index in [-0.39, 0.29) is 24.1 Å². The van der Waals surface area contributed by atoms with Crippen LogP contribution in [0, 0.1) is 11.7 Å². The number of fused-ring (bicyclic) bond motifs is 1. The number of nitrogens with zero attached hydrogens (tertiary/aromatic N) is 1. The summed E-state index contributed by atoms with van der Waals surface area (Å²) in [7, 11) is 0. The van der Waals surface area contributed by atoms with E-state index < -0.39 is 0 Å². The van der Waals surface area contributed by atoms with Crippen LogP contribution in [0.25, 0.3) is 0 Å². The Bertz CT molecular complexity index is 489. The lowest BCUT2D eigenvalue weighted by Gasteiger charge is -2.18. The topological polar surface area (TPSA) is 32.3 Å². The standard InChI is InChI=1S/C15H19FN2O.ClH/c16-13-3-2-12-6-8-18(14(12)9-13)15(19)4-1-11-5-7-17-10-11;/h2-3,9,11,17H,1,4-8,10H2;1H. The highest BCUT2D eigenvalue weighted by Crippen LogP contribution is 2.29. The van der Waals surface area contributed by atoms with Gasteiger partial charge in [-0.2, -0.15) is 0 Å². The highest BCUT2D eigenvalue weighted by Gasteiger charge is 2.25. The van der Waals surface area contributed by atoms with Gasteiger partial charge in [-0.3, -0.25) is 4.79 Å². The Hall–Kier alpha value is -1.13. The van der Waals surface area contributed by atoms with E-state index in [0.717, 1.165) is 37.2 Å². The summed E-state index contributed by atoms with van der Waals surface area (Å²) in [4.78, 5) is 14.0. The minimum atomic E-state index is -0.265. The fourth-order valence-electron chi connectivity index (χ4n) is 3.03. The van der Waals surface area contributed by atoms with Crippen LogP contribution in [0.4, 0.5) is 10.1 Å². The number of rotatable bonds is 3. The highest BCUT2D eigenvalue weighted by atomic mass is 35.5. The number of carbonyl (C=O) groups excluding carboxylic acids is 1. The first-order chi connectivity index (χ1) is 9.24. The minimum Gasteiger partial charge on any atom is -0.316 e. The molecular formula is C15H20ClFN2O. The Morgan fingerprint density at radius 1 is 1.45 bits per heavy atom. The number of carbonyl (C=O) groups is 1. The minimum absolute atomic E-state index is 0. The van der Waals surface area contributed by atoms with Gasteiger partial charge in [0.2, 0.25) is 5.91 Å². The predicted molar refractivity (Wildman–Crippen MR) is 79.9 cm³/mol. The lowest BCUT2D eigenvalue weighted by atomic mass is 10.0. The second kappa shape index (κ2) is 6.55. The molecule has 110 valence electrons. The van der Waals surface area contributed by atoms with Crippen molar-refractivity contribution in [3.63, 3.8) is 0 Å². The quantitative estimate of drug-likeness (QED) is 0.930. The number of benzene rings is 1. The van der Waals surface area contributed by atoms with E-state index in [4.69, 9.17) is 0 Å². The van der Waals surface area contributed by atoms with Crippen molar-refractivity contribution in [2.75, 3.05) is 24.5 Å². The van der Waals surface area contributed by atoms with E-state index in [0.29, 0.717) is 18.9 Å². The Balaban J connectivity index is 0.00000147. The van der Waals surface area contributed by atoms with Crippen molar-refractivity contribution in [1.29, 1.82) is 0 Å². The number of anilines is 1. The Labute approximate surface area is 124 Å². The molecule has 2 aliphatic rings. The lowest BCUT2D eigenvalue weighted by Crippen LogP contribution is -2.29. The molecule has 1 N–H and O–H groups in total. The van der Waals surface area contributed by atoms with Crippen LogP contribution in [0.5, 0.6) is 0 Å². The molecule has 0 aliphatic carbocycles. The maximum atomic E-state index is 13.3. The van der Waals surface area contributed by atoms with Crippen LogP contribution >= 0.6 is 12.4 Å². The number of hydrogen-bond donors (Lipinski definition) is 1. The molecule has 20 heavy (non-hydrogen) atoms. The predicted octanol–water partition coefficient (Wildman–Crippen LogP) is 2.53. The van der Waals surface area contributed by atoms with Crippen LogP contribution in [0.1, 0.15) is 24.8 Å². The SMILES string of the molecule is Cl.O=C(CCC1CCNC1)N1CCc2ccc(F)cc21. The van der Waals surface area contributed by atoms with Crippen molar-refractivity contribution < 1.29 is 9.18 Å². The molecule has 1 aromatic carbocycles. The van der Waals surface area contributed by atoms with Crippen molar-refractivity contribution in [2.45, 2.75) is 25.7 Å². The fraction of sp³-hybridized carbons (Fsp3) is 0.533. The molecule has 1 unspecified atom stereocenters. The Kier molecular flexibility index (Phi) is 5.00. The molecule has 2 aliphatic heterocycles. The number of hydrogen-bond acceptors (Lipinski definition) is 2. The van der Waals surface area contributed by atoms with Crippen LogP contribution in [0.3, 0.4) is 0 Å². The average molecular weight is 299 g/mol. The van der Waals surface area contributed by atoms with Gasteiger partial charge in [0, 0.05) is 18.7 Å². The van der Waals surface area contributed by atoms with E-state index in [2.05, 4.69) is 5.32 Å². The number of amides is 1. The van der Waals surface area contributed by atoms with Crippen LogP contribution < -0.4 is 10.2 Å². The van der Waals surface area contributed by atoms with Crippen molar-refractivity contribution in [3.05, 3.63) is 29.6 Å². The maximum Gasteiger partial charge on any atom is 0.227 e. The molecule has 0 bridgehead atoms. The van der Waals surface area contributed by atoms with Gasteiger partial charge >= 0.3 is 0 Å². The van der Waals surface area contributed by atoms with Gasteiger partial charge in [-0.05, 0) is 56.0 Å². The van der Waals surface area contributed by atoms with Crippen molar-refractivity contribution in [3.8, 4) is 0 Å². The second-order valence-corrected chi connectivity index (χ2v) is 5.47. The van der Waals surface area contributed by atoms with Gasteiger partial charge in [0.05, 0.1) is 0 Å². The molecule has 3 nitrogen and oxygen atoms in total. The van der Waals surface area contributed by atoms with E-state index in [1.165, 1.54) is 18.6 Å². The average Bonchev–Trinajstić information content (AvgIpc) is 3.04. The monoisotopic (exact) mass is 298 g/mol. The van der Waals surface area contributed by atoms with Gasteiger partial charge in [-0.25, -0.2) is 4.39 Å². The molecule has 1 saturated heterocycles. The maximum absolute atomic E-state index is 13.3. The van der Waals surface area contributed by atoms with Crippen molar-refractivity contribution in [2.24, 2.45) is 5.92 Å². The first-order valence-electron chi connectivity index (χ1n) is 7.03. The smallest absolute Gasteiger partial charge is 0.227 e. The van der Waals surface area contributed by atoms with Crippen LogP contribution in [-0.4, -0.2) is 25.5 Å². The summed E-state index contributed by atoms with van der Waals surface area (Å²) in [6, 6.07) is 4.74. The molecular weight excluding hydrogens is 279 g/mol. The van der Waals surface area contributed by atoms with E-state index in [1.54, 1.807) is 11.0 Å². The first-order valence-corrected chi connectivity index (χ1v) is 7.03. The van der Waals surface area contributed by atoms with Crippen LogP contribution in [0.15, 0.2) is 18.2 Å². The Morgan fingerprint density at radius 2 is 2.30 bits per heavy atom. The highest BCUT2D eigenvalue weighted by molar-refractivity contribution is 5.95. The molecule has 5 heteroatoms. The van der Waals surface area contributed by atoms with Gasteiger partial charge < -0.3 is 10.2 Å². The zero-order valence-electron chi connectivity index (χ0n) is 11.4. The van der Waals surface area contributed by atoms with Gasteiger partial charge in [-0.15, -0.1) is 12.4 Å². The van der Waals surface area contributed by atoms with Crippen molar-refractivity contribution >= 4 is 24.0 Å². The van der Waals surface area contributed by atoms with E-state index >= 15 is 0 Å².